The quantitative estimate of drug-likeness (QED) is 0.797. The first-order valence-corrected chi connectivity index (χ1v) is 5.85. The first kappa shape index (κ1) is 10.3. The zero-order valence-electron chi connectivity index (χ0n) is 9.88. The first-order valence-electron chi connectivity index (χ1n) is 5.85. The molecule has 1 atom stereocenters. The Bertz CT molecular complexity index is 346. The van der Waals surface area contributed by atoms with Crippen LogP contribution in [0.1, 0.15) is 25.8 Å². The summed E-state index contributed by atoms with van der Waals surface area (Å²) in [5, 5.41) is 3.53. The predicted molar refractivity (Wildman–Crippen MR) is 66.8 cm³/mol. The van der Waals surface area contributed by atoms with Crippen LogP contribution in [0.5, 0.6) is 0 Å². The molecule has 0 amide bonds. The summed E-state index contributed by atoms with van der Waals surface area (Å²) in [4.78, 5) is 2.39. The Labute approximate surface area is 92.3 Å². The molecule has 1 aromatic rings. The van der Waals surface area contributed by atoms with Crippen LogP contribution in [0.4, 0.5) is 11.4 Å². The molecule has 0 saturated carbocycles. The average Bonchev–Trinajstić information content (AvgIpc) is 2.29. The predicted octanol–water partition coefficient (Wildman–Crippen LogP) is 2.89. The topological polar surface area (TPSA) is 15.3 Å². The average molecular weight is 204 g/mol. The van der Waals surface area contributed by atoms with E-state index in [1.54, 1.807) is 0 Å². The SMILES string of the molecule is CCc1ccc2c(c1)NCC(CC)N2C. The molecule has 1 aliphatic heterocycles. The number of nitrogens with one attached hydrogen (secondary N) is 1. The molecule has 82 valence electrons. The lowest BCUT2D eigenvalue weighted by Gasteiger charge is -2.36. The molecule has 2 nitrogen and oxygen atoms in total. The van der Waals surface area contributed by atoms with Gasteiger partial charge in [0.05, 0.1) is 11.4 Å². The Morgan fingerprint density at radius 2 is 2.20 bits per heavy atom. The summed E-state index contributed by atoms with van der Waals surface area (Å²) in [5.41, 5.74) is 4.04. The molecule has 0 radical (unpaired) electrons. The van der Waals surface area contributed by atoms with Crippen molar-refractivity contribution in [1.29, 1.82) is 0 Å². The molecule has 0 aliphatic carbocycles. The molecular formula is C13H20N2. The van der Waals surface area contributed by atoms with Crippen LogP contribution in [0.15, 0.2) is 18.2 Å². The molecule has 1 N–H and O–H groups in total. The normalized spacial score (nSPS) is 19.7. The summed E-state index contributed by atoms with van der Waals surface area (Å²) < 4.78 is 0. The number of likely N-dealkylation sites (N-methyl/N-ethyl adjacent to an activating group) is 1. The van der Waals surface area contributed by atoms with E-state index in [9.17, 15) is 0 Å². The number of fused-ring (bicyclic) bond motifs is 1. The van der Waals surface area contributed by atoms with Gasteiger partial charge in [0.1, 0.15) is 0 Å². The highest BCUT2D eigenvalue weighted by atomic mass is 15.2. The van der Waals surface area contributed by atoms with E-state index in [-0.39, 0.29) is 0 Å². The van der Waals surface area contributed by atoms with Crippen molar-refractivity contribution in [3.8, 4) is 0 Å². The van der Waals surface area contributed by atoms with Gasteiger partial charge in [0.2, 0.25) is 0 Å². The maximum Gasteiger partial charge on any atom is 0.0602 e. The van der Waals surface area contributed by atoms with Gasteiger partial charge in [-0.1, -0.05) is 19.9 Å². The van der Waals surface area contributed by atoms with Gasteiger partial charge in [0.25, 0.3) is 0 Å². The highest BCUT2D eigenvalue weighted by Gasteiger charge is 2.21. The van der Waals surface area contributed by atoms with E-state index in [1.165, 1.54) is 23.4 Å². The molecular weight excluding hydrogens is 184 g/mol. The van der Waals surface area contributed by atoms with E-state index in [2.05, 4.69) is 49.3 Å². The van der Waals surface area contributed by atoms with Gasteiger partial charge in [-0.15, -0.1) is 0 Å². The first-order chi connectivity index (χ1) is 7.26. The molecule has 0 bridgehead atoms. The maximum absolute atomic E-state index is 3.53. The second-order valence-corrected chi connectivity index (χ2v) is 4.26. The van der Waals surface area contributed by atoms with Crippen LogP contribution in [0.2, 0.25) is 0 Å². The van der Waals surface area contributed by atoms with Gasteiger partial charge < -0.3 is 10.2 Å². The van der Waals surface area contributed by atoms with Crippen molar-refractivity contribution in [2.75, 3.05) is 23.8 Å². The minimum absolute atomic E-state index is 0.630. The number of rotatable bonds is 2. The summed E-state index contributed by atoms with van der Waals surface area (Å²) in [6, 6.07) is 7.38. The van der Waals surface area contributed by atoms with Gasteiger partial charge in [-0.2, -0.15) is 0 Å². The number of anilines is 2. The van der Waals surface area contributed by atoms with E-state index in [0.717, 1.165) is 13.0 Å². The summed E-state index contributed by atoms with van der Waals surface area (Å²) in [7, 11) is 2.19. The molecule has 1 aromatic carbocycles. The Balaban J connectivity index is 2.33. The van der Waals surface area contributed by atoms with Gasteiger partial charge in [-0.3, -0.25) is 0 Å². The standard InChI is InChI=1S/C13H20N2/c1-4-10-6-7-13-12(8-10)14-9-11(5-2)15(13)3/h6-8,11,14H,4-5,9H2,1-3H3. The van der Waals surface area contributed by atoms with Crippen molar-refractivity contribution in [2.45, 2.75) is 32.7 Å². The van der Waals surface area contributed by atoms with Gasteiger partial charge in [-0.25, -0.2) is 0 Å². The number of benzene rings is 1. The van der Waals surface area contributed by atoms with Crippen molar-refractivity contribution in [1.82, 2.24) is 0 Å². The monoisotopic (exact) mass is 204 g/mol. The van der Waals surface area contributed by atoms with Gasteiger partial charge in [0, 0.05) is 19.6 Å². The fourth-order valence-corrected chi connectivity index (χ4v) is 2.23. The van der Waals surface area contributed by atoms with Crippen molar-refractivity contribution in [3.05, 3.63) is 23.8 Å². The van der Waals surface area contributed by atoms with Gasteiger partial charge in [0.15, 0.2) is 0 Å². The molecule has 2 heteroatoms. The number of hydrogen-bond acceptors (Lipinski definition) is 2. The smallest absolute Gasteiger partial charge is 0.0602 e. The Hall–Kier alpha value is -1.18. The van der Waals surface area contributed by atoms with Crippen molar-refractivity contribution in [2.24, 2.45) is 0 Å². The van der Waals surface area contributed by atoms with Crippen LogP contribution in [0, 0.1) is 0 Å². The largest absolute Gasteiger partial charge is 0.381 e. The number of nitrogens with zero attached hydrogens (tertiary/aromatic N) is 1. The van der Waals surface area contributed by atoms with Crippen LogP contribution < -0.4 is 10.2 Å². The highest BCUT2D eigenvalue weighted by molar-refractivity contribution is 5.73. The molecule has 1 aliphatic rings. The zero-order chi connectivity index (χ0) is 10.8. The van der Waals surface area contributed by atoms with Crippen LogP contribution in [-0.4, -0.2) is 19.6 Å². The third-order valence-electron chi connectivity index (χ3n) is 3.40. The molecule has 0 spiro atoms. The second kappa shape index (κ2) is 4.13. The fourth-order valence-electron chi connectivity index (χ4n) is 2.23. The van der Waals surface area contributed by atoms with Crippen molar-refractivity contribution < 1.29 is 0 Å². The molecule has 2 rings (SSSR count). The molecule has 0 saturated heterocycles. The van der Waals surface area contributed by atoms with Crippen LogP contribution in [0.25, 0.3) is 0 Å². The third-order valence-corrected chi connectivity index (χ3v) is 3.40. The fraction of sp³-hybridized carbons (Fsp3) is 0.538. The molecule has 15 heavy (non-hydrogen) atoms. The minimum atomic E-state index is 0.630. The van der Waals surface area contributed by atoms with E-state index in [0.29, 0.717) is 6.04 Å². The lowest BCUT2D eigenvalue weighted by molar-refractivity contribution is 0.622. The van der Waals surface area contributed by atoms with Crippen LogP contribution in [0.3, 0.4) is 0 Å². The molecule has 1 unspecified atom stereocenters. The maximum atomic E-state index is 3.53. The van der Waals surface area contributed by atoms with Gasteiger partial charge >= 0.3 is 0 Å². The highest BCUT2D eigenvalue weighted by Crippen LogP contribution is 2.32. The van der Waals surface area contributed by atoms with Crippen LogP contribution >= 0.6 is 0 Å². The summed E-state index contributed by atoms with van der Waals surface area (Å²) in [6.45, 7) is 5.50. The Kier molecular flexibility index (Phi) is 2.85. The van der Waals surface area contributed by atoms with Gasteiger partial charge in [-0.05, 0) is 30.5 Å². The van der Waals surface area contributed by atoms with Crippen molar-refractivity contribution >= 4 is 11.4 Å². The Morgan fingerprint density at radius 3 is 2.87 bits per heavy atom. The van der Waals surface area contributed by atoms with E-state index in [1.807, 2.05) is 0 Å². The van der Waals surface area contributed by atoms with Crippen molar-refractivity contribution in [3.63, 3.8) is 0 Å². The lowest BCUT2D eigenvalue weighted by atomic mass is 10.0. The summed E-state index contributed by atoms with van der Waals surface area (Å²) in [6.07, 6.45) is 2.30. The summed E-state index contributed by atoms with van der Waals surface area (Å²) in [5.74, 6) is 0. The number of hydrogen-bond donors (Lipinski definition) is 1. The summed E-state index contributed by atoms with van der Waals surface area (Å²) >= 11 is 0. The molecule has 0 aromatic heterocycles. The van der Waals surface area contributed by atoms with E-state index < -0.39 is 0 Å². The second-order valence-electron chi connectivity index (χ2n) is 4.26. The minimum Gasteiger partial charge on any atom is -0.381 e. The Morgan fingerprint density at radius 1 is 1.40 bits per heavy atom. The lowest BCUT2D eigenvalue weighted by Crippen LogP contribution is -2.40. The number of aryl methyl sites for hydroxylation is 1. The van der Waals surface area contributed by atoms with E-state index >= 15 is 0 Å². The van der Waals surface area contributed by atoms with Crippen LogP contribution in [-0.2, 0) is 6.42 Å². The molecule has 1 heterocycles. The third kappa shape index (κ3) is 1.81. The molecule has 0 fully saturated rings. The van der Waals surface area contributed by atoms with E-state index in [4.69, 9.17) is 0 Å². The zero-order valence-corrected chi connectivity index (χ0v) is 9.88.